The number of hydrogen-bond donors (Lipinski definition) is 2. The van der Waals surface area contributed by atoms with E-state index in [4.69, 9.17) is 16.3 Å². The molecule has 0 unspecified atom stereocenters. The summed E-state index contributed by atoms with van der Waals surface area (Å²) in [5.74, 6) is -1.82. The highest BCUT2D eigenvalue weighted by Gasteiger charge is 2.10. The molecule has 2 N–H and O–H groups in total. The third kappa shape index (κ3) is 7.25. The molecule has 2 rings (SSSR count). The number of amides is 2. The number of benzene rings is 2. The first-order valence-corrected chi connectivity index (χ1v) is 9.85. The lowest BCUT2D eigenvalue weighted by atomic mass is 10.2. The molecule has 0 aliphatic heterocycles. The summed E-state index contributed by atoms with van der Waals surface area (Å²) in [5, 5.41) is 0.545. The van der Waals surface area contributed by atoms with E-state index in [2.05, 4.69) is 29.6 Å². The van der Waals surface area contributed by atoms with Crippen molar-refractivity contribution in [3.05, 3.63) is 70.8 Å². The molecule has 30 heavy (non-hydrogen) atoms. The van der Waals surface area contributed by atoms with Crippen LogP contribution in [-0.2, 0) is 14.3 Å². The Bertz CT molecular complexity index is 909. The van der Waals surface area contributed by atoms with Crippen molar-refractivity contribution in [2.24, 2.45) is 0 Å². The van der Waals surface area contributed by atoms with Crippen molar-refractivity contribution >= 4 is 41.1 Å². The molecule has 158 valence electrons. The van der Waals surface area contributed by atoms with Gasteiger partial charge in [-0.1, -0.05) is 23.7 Å². The molecular formula is C22H24ClN3O4. The summed E-state index contributed by atoms with van der Waals surface area (Å²) in [6.45, 7) is 5.31. The second kappa shape index (κ2) is 11.6. The number of hydrogen-bond acceptors (Lipinski definition) is 5. The molecule has 2 aromatic rings. The van der Waals surface area contributed by atoms with Gasteiger partial charge in [-0.2, -0.15) is 0 Å². The second-order valence-electron chi connectivity index (χ2n) is 6.22. The molecule has 2 amide bonds. The first-order valence-electron chi connectivity index (χ1n) is 9.47. The number of nitrogens with zero attached hydrogens (tertiary/aromatic N) is 1. The number of anilines is 1. The Morgan fingerprint density at radius 3 is 2.37 bits per heavy atom. The van der Waals surface area contributed by atoms with Gasteiger partial charge in [-0.25, -0.2) is 4.79 Å². The Balaban J connectivity index is 1.76. The fraction of sp³-hybridized carbons (Fsp3) is 0.227. The predicted octanol–water partition coefficient (Wildman–Crippen LogP) is 3.20. The fourth-order valence-corrected chi connectivity index (χ4v) is 2.81. The largest absolute Gasteiger partial charge is 0.452 e. The zero-order valence-electron chi connectivity index (χ0n) is 16.9. The van der Waals surface area contributed by atoms with E-state index in [-0.39, 0.29) is 0 Å². The molecule has 0 aliphatic rings. The standard InChI is InChI=1S/C22H24ClN3O4/c1-3-26(4-2)19-11-9-17(10-12-19)22(29)25-24-20(27)15-30-21(28)13-8-16-6-5-7-18(23)14-16/h5-14H,3-4,15H2,1-2H3,(H,24,27)(H,25,29)/b13-8+. The van der Waals surface area contributed by atoms with Crippen LogP contribution in [0.1, 0.15) is 29.8 Å². The summed E-state index contributed by atoms with van der Waals surface area (Å²) in [6.07, 6.45) is 2.71. The van der Waals surface area contributed by atoms with Crippen LogP contribution in [0, 0.1) is 0 Å². The van der Waals surface area contributed by atoms with Crippen molar-refractivity contribution in [1.29, 1.82) is 0 Å². The normalized spacial score (nSPS) is 10.5. The lowest BCUT2D eigenvalue weighted by molar-refractivity contribution is -0.144. The Kier molecular flexibility index (Phi) is 8.90. The van der Waals surface area contributed by atoms with Crippen LogP contribution in [0.3, 0.4) is 0 Å². The average Bonchev–Trinajstić information content (AvgIpc) is 2.76. The summed E-state index contributed by atoms with van der Waals surface area (Å²) in [4.78, 5) is 37.7. The second-order valence-corrected chi connectivity index (χ2v) is 6.65. The van der Waals surface area contributed by atoms with Gasteiger partial charge in [-0.3, -0.25) is 20.4 Å². The highest BCUT2D eigenvalue weighted by Crippen LogP contribution is 2.15. The van der Waals surface area contributed by atoms with Gasteiger partial charge in [-0.15, -0.1) is 0 Å². The van der Waals surface area contributed by atoms with Crippen LogP contribution in [0.25, 0.3) is 6.08 Å². The Labute approximate surface area is 180 Å². The minimum absolute atomic E-state index is 0.396. The van der Waals surface area contributed by atoms with Gasteiger partial charge >= 0.3 is 5.97 Å². The molecule has 2 aromatic carbocycles. The monoisotopic (exact) mass is 429 g/mol. The Morgan fingerprint density at radius 2 is 1.73 bits per heavy atom. The number of esters is 1. The maximum Gasteiger partial charge on any atom is 0.331 e. The number of ether oxygens (including phenoxy) is 1. The molecular weight excluding hydrogens is 406 g/mol. The maximum atomic E-state index is 12.1. The SMILES string of the molecule is CCN(CC)c1ccc(C(=O)NNC(=O)COC(=O)/C=C/c2cccc(Cl)c2)cc1. The van der Waals surface area contributed by atoms with E-state index in [0.717, 1.165) is 24.3 Å². The topological polar surface area (TPSA) is 87.7 Å². The molecule has 0 saturated heterocycles. The van der Waals surface area contributed by atoms with Gasteiger partial charge in [0.1, 0.15) is 0 Å². The molecule has 0 radical (unpaired) electrons. The van der Waals surface area contributed by atoms with Crippen LogP contribution in [0.5, 0.6) is 0 Å². The van der Waals surface area contributed by atoms with Gasteiger partial charge in [0, 0.05) is 35.4 Å². The van der Waals surface area contributed by atoms with Crippen molar-refractivity contribution < 1.29 is 19.1 Å². The summed E-state index contributed by atoms with van der Waals surface area (Å²) < 4.78 is 4.83. The molecule has 0 atom stereocenters. The van der Waals surface area contributed by atoms with Crippen LogP contribution in [0.15, 0.2) is 54.6 Å². The number of carbonyl (C=O) groups excluding carboxylic acids is 3. The van der Waals surface area contributed by atoms with Crippen LogP contribution in [0.4, 0.5) is 5.69 Å². The van der Waals surface area contributed by atoms with Gasteiger partial charge in [0.15, 0.2) is 6.61 Å². The minimum Gasteiger partial charge on any atom is -0.452 e. The van der Waals surface area contributed by atoms with Crippen molar-refractivity contribution in [3.8, 4) is 0 Å². The van der Waals surface area contributed by atoms with Gasteiger partial charge in [0.25, 0.3) is 11.8 Å². The molecule has 0 spiro atoms. The highest BCUT2D eigenvalue weighted by atomic mass is 35.5. The fourth-order valence-electron chi connectivity index (χ4n) is 2.61. The molecule has 7 nitrogen and oxygen atoms in total. The number of nitrogens with one attached hydrogen (secondary N) is 2. The molecule has 0 aromatic heterocycles. The summed E-state index contributed by atoms with van der Waals surface area (Å²) >= 11 is 5.86. The number of halogens is 1. The Morgan fingerprint density at radius 1 is 1.03 bits per heavy atom. The first-order chi connectivity index (χ1) is 14.4. The molecule has 8 heteroatoms. The molecule has 0 aliphatic carbocycles. The molecule has 0 bridgehead atoms. The third-order valence-corrected chi connectivity index (χ3v) is 4.41. The number of rotatable bonds is 8. The first kappa shape index (κ1) is 23.0. The lowest BCUT2D eigenvalue weighted by Gasteiger charge is -2.21. The highest BCUT2D eigenvalue weighted by molar-refractivity contribution is 6.30. The zero-order chi connectivity index (χ0) is 21.9. The van der Waals surface area contributed by atoms with Gasteiger partial charge in [0.2, 0.25) is 0 Å². The maximum absolute atomic E-state index is 12.1. The van der Waals surface area contributed by atoms with Crippen molar-refractivity contribution in [2.45, 2.75) is 13.8 Å². The van der Waals surface area contributed by atoms with Crippen molar-refractivity contribution in [1.82, 2.24) is 10.9 Å². The van der Waals surface area contributed by atoms with Crippen molar-refractivity contribution in [3.63, 3.8) is 0 Å². The zero-order valence-corrected chi connectivity index (χ0v) is 17.6. The predicted molar refractivity (Wildman–Crippen MR) is 117 cm³/mol. The third-order valence-electron chi connectivity index (χ3n) is 4.18. The summed E-state index contributed by atoms with van der Waals surface area (Å²) in [7, 11) is 0. The number of carbonyl (C=O) groups is 3. The van der Waals surface area contributed by atoms with E-state index in [1.165, 1.54) is 12.2 Å². The van der Waals surface area contributed by atoms with Crippen LogP contribution >= 0.6 is 11.6 Å². The Hall–Kier alpha value is -3.32. The van der Waals surface area contributed by atoms with Crippen LogP contribution in [0.2, 0.25) is 5.02 Å². The molecule has 0 heterocycles. The summed E-state index contributed by atoms with van der Waals surface area (Å²) in [6, 6.07) is 14.0. The smallest absolute Gasteiger partial charge is 0.331 e. The van der Waals surface area contributed by atoms with E-state index in [0.29, 0.717) is 10.6 Å². The van der Waals surface area contributed by atoms with Crippen molar-refractivity contribution in [2.75, 3.05) is 24.6 Å². The van der Waals surface area contributed by atoms with E-state index >= 15 is 0 Å². The quantitative estimate of drug-likeness (QED) is 0.382. The molecule has 0 saturated carbocycles. The van der Waals surface area contributed by atoms with Gasteiger partial charge in [-0.05, 0) is 61.9 Å². The molecule has 0 fully saturated rings. The van der Waals surface area contributed by atoms with E-state index in [1.807, 2.05) is 12.1 Å². The van der Waals surface area contributed by atoms with Gasteiger partial charge < -0.3 is 9.64 Å². The van der Waals surface area contributed by atoms with E-state index in [1.54, 1.807) is 36.4 Å². The van der Waals surface area contributed by atoms with E-state index in [9.17, 15) is 14.4 Å². The van der Waals surface area contributed by atoms with Gasteiger partial charge in [0.05, 0.1) is 0 Å². The minimum atomic E-state index is -0.691. The van der Waals surface area contributed by atoms with Crippen LogP contribution < -0.4 is 15.8 Å². The number of hydrazine groups is 1. The average molecular weight is 430 g/mol. The lowest BCUT2D eigenvalue weighted by Crippen LogP contribution is -2.43. The summed E-state index contributed by atoms with van der Waals surface area (Å²) in [5.41, 5.74) is 6.63. The van der Waals surface area contributed by atoms with E-state index < -0.39 is 24.4 Å². The van der Waals surface area contributed by atoms with Crippen LogP contribution in [-0.4, -0.2) is 37.5 Å².